The number of nitrogens with zero attached hydrogens (tertiary/aromatic N) is 4. The summed E-state index contributed by atoms with van der Waals surface area (Å²) in [6.07, 6.45) is -3.81. The van der Waals surface area contributed by atoms with Gasteiger partial charge in [-0.3, -0.25) is 9.36 Å². The second-order valence-electron chi connectivity index (χ2n) is 11.8. The third-order valence-corrected chi connectivity index (χ3v) is 10.1. The number of halogens is 6. The van der Waals surface area contributed by atoms with Crippen LogP contribution in [0.4, 0.5) is 27.8 Å². The van der Waals surface area contributed by atoms with E-state index in [0.29, 0.717) is 6.07 Å². The Morgan fingerprint density at radius 2 is 1.76 bits per heavy atom. The minimum Gasteiger partial charge on any atom is -0.384 e. The van der Waals surface area contributed by atoms with Gasteiger partial charge in [-0.25, -0.2) is 13.6 Å². The molecule has 2 aliphatic heterocycles. The Labute approximate surface area is 271 Å². The van der Waals surface area contributed by atoms with Crippen molar-refractivity contribution in [1.82, 2.24) is 14.5 Å². The molecule has 1 saturated heterocycles. The Morgan fingerprint density at radius 3 is 2.33 bits per heavy atom. The lowest BCUT2D eigenvalue weighted by molar-refractivity contribution is -0.137. The molecule has 0 radical (unpaired) electrons. The quantitative estimate of drug-likeness (QED) is 0.171. The molecule has 46 heavy (non-hydrogen) atoms. The number of alkyl halides is 3. The third kappa shape index (κ3) is 6.00. The molecule has 2 aromatic carbocycles. The van der Waals surface area contributed by atoms with Crippen molar-refractivity contribution in [3.8, 4) is 11.1 Å². The van der Waals surface area contributed by atoms with Crippen LogP contribution in [0.5, 0.6) is 0 Å². The zero-order valence-electron chi connectivity index (χ0n) is 25.5. The summed E-state index contributed by atoms with van der Waals surface area (Å²) >= 11 is 6.97. The second-order valence-corrected chi connectivity index (χ2v) is 13.2. The van der Waals surface area contributed by atoms with Crippen LogP contribution in [0.3, 0.4) is 0 Å². The molecule has 3 aromatic rings. The third-order valence-electron chi connectivity index (χ3n) is 8.35. The second kappa shape index (κ2) is 12.8. The molecule has 3 heterocycles. The highest BCUT2D eigenvalue weighted by Gasteiger charge is 2.42. The predicted octanol–water partition coefficient (Wildman–Crippen LogP) is 6.01. The Hall–Kier alpha value is -3.20. The SMILES string of the molecule is C=CC(=O)N1[C@H](C)CN(c2nc(=O)n3c4c(c(-c5cc(Cl)c(F)cc5F)c(C(F)(F)F)cc24)SCC(COC)(COC)C3)C[C@@H]1C. The Balaban J connectivity index is 1.88. The molecule has 248 valence electrons. The van der Waals surface area contributed by atoms with Crippen molar-refractivity contribution < 1.29 is 36.2 Å². The Kier molecular flexibility index (Phi) is 9.48. The molecule has 0 bridgehead atoms. The number of aromatic nitrogens is 2. The summed E-state index contributed by atoms with van der Waals surface area (Å²) < 4.78 is 87.0. The van der Waals surface area contributed by atoms with Crippen LogP contribution in [-0.2, 0) is 27.0 Å². The summed E-state index contributed by atoms with van der Waals surface area (Å²) in [4.78, 5) is 34.1. The summed E-state index contributed by atoms with van der Waals surface area (Å²) in [5.41, 5.74) is -3.85. The van der Waals surface area contributed by atoms with E-state index in [1.807, 2.05) is 0 Å². The zero-order chi connectivity index (χ0) is 33.7. The molecule has 5 rings (SSSR count). The van der Waals surface area contributed by atoms with Crippen LogP contribution in [0.1, 0.15) is 19.4 Å². The van der Waals surface area contributed by atoms with Gasteiger partial charge in [0.05, 0.1) is 29.3 Å². The van der Waals surface area contributed by atoms with Gasteiger partial charge < -0.3 is 19.3 Å². The number of hydrogen-bond donors (Lipinski definition) is 0. The van der Waals surface area contributed by atoms with Gasteiger partial charge in [0.1, 0.15) is 17.5 Å². The first-order valence-corrected chi connectivity index (χ1v) is 15.7. The highest BCUT2D eigenvalue weighted by molar-refractivity contribution is 7.99. The van der Waals surface area contributed by atoms with Gasteiger partial charge in [-0.15, -0.1) is 11.8 Å². The summed E-state index contributed by atoms with van der Waals surface area (Å²) in [7, 11) is 2.92. The van der Waals surface area contributed by atoms with Gasteiger partial charge in [-0.05, 0) is 32.1 Å². The lowest BCUT2D eigenvalue weighted by Crippen LogP contribution is -2.58. The normalized spacial score (nSPS) is 19.8. The van der Waals surface area contributed by atoms with Crippen molar-refractivity contribution in [2.75, 3.05) is 51.2 Å². The molecule has 0 saturated carbocycles. The van der Waals surface area contributed by atoms with E-state index in [1.54, 1.807) is 23.6 Å². The molecule has 2 aliphatic rings. The maximum Gasteiger partial charge on any atom is 0.417 e. The first kappa shape index (κ1) is 34.1. The fourth-order valence-corrected chi connectivity index (χ4v) is 8.19. The molecule has 0 unspecified atom stereocenters. The molecule has 0 aliphatic carbocycles. The average Bonchev–Trinajstić information content (AvgIpc) is 3.14. The molecule has 0 N–H and O–H groups in total. The van der Waals surface area contributed by atoms with E-state index in [1.165, 1.54) is 24.9 Å². The fourth-order valence-electron chi connectivity index (χ4n) is 6.60. The summed E-state index contributed by atoms with van der Waals surface area (Å²) in [5.74, 6) is -2.55. The minimum atomic E-state index is -5.01. The van der Waals surface area contributed by atoms with E-state index in [2.05, 4.69) is 11.6 Å². The highest BCUT2D eigenvalue weighted by atomic mass is 35.5. The molecule has 1 amide bonds. The molecular formula is C31H32ClF5N4O4S. The van der Waals surface area contributed by atoms with Crippen molar-refractivity contribution in [2.45, 2.75) is 43.5 Å². The monoisotopic (exact) mass is 686 g/mol. The van der Waals surface area contributed by atoms with Gasteiger partial charge in [-0.1, -0.05) is 18.2 Å². The topological polar surface area (TPSA) is 76.9 Å². The summed E-state index contributed by atoms with van der Waals surface area (Å²) in [5, 5.41) is -0.549. The molecular weight excluding hydrogens is 655 g/mol. The van der Waals surface area contributed by atoms with Crippen LogP contribution in [-0.4, -0.2) is 78.7 Å². The van der Waals surface area contributed by atoms with Gasteiger partial charge in [0.2, 0.25) is 5.91 Å². The first-order chi connectivity index (χ1) is 21.7. The van der Waals surface area contributed by atoms with E-state index < -0.39 is 62.7 Å². The van der Waals surface area contributed by atoms with Crippen LogP contribution < -0.4 is 10.6 Å². The molecule has 8 nitrogen and oxygen atoms in total. The Bertz CT molecular complexity index is 1750. The number of rotatable bonds is 7. The van der Waals surface area contributed by atoms with Crippen LogP contribution in [0.15, 0.2) is 40.5 Å². The van der Waals surface area contributed by atoms with Crippen molar-refractivity contribution in [3.63, 3.8) is 0 Å². The molecule has 2 atom stereocenters. The van der Waals surface area contributed by atoms with Crippen molar-refractivity contribution in [1.29, 1.82) is 0 Å². The van der Waals surface area contributed by atoms with Gasteiger partial charge in [0.15, 0.2) is 0 Å². The number of anilines is 1. The number of methoxy groups -OCH3 is 2. The van der Waals surface area contributed by atoms with Crippen molar-refractivity contribution >= 4 is 46.0 Å². The van der Waals surface area contributed by atoms with Crippen LogP contribution in [0.25, 0.3) is 22.0 Å². The number of hydrogen-bond acceptors (Lipinski definition) is 7. The fraction of sp³-hybridized carbons (Fsp3) is 0.452. The lowest BCUT2D eigenvalue weighted by Gasteiger charge is -2.44. The molecule has 1 fully saturated rings. The number of benzene rings is 2. The van der Waals surface area contributed by atoms with Gasteiger partial charge in [-0.2, -0.15) is 18.2 Å². The Morgan fingerprint density at radius 1 is 1.13 bits per heavy atom. The van der Waals surface area contributed by atoms with E-state index in [4.69, 9.17) is 21.1 Å². The van der Waals surface area contributed by atoms with Gasteiger partial charge in [0.25, 0.3) is 0 Å². The molecule has 0 spiro atoms. The number of carbonyl (C=O) groups is 1. The largest absolute Gasteiger partial charge is 0.417 e. The van der Waals surface area contributed by atoms with Gasteiger partial charge in [0, 0.05) is 84.6 Å². The number of thioether (sulfide) groups is 1. The minimum absolute atomic E-state index is 0.00291. The van der Waals surface area contributed by atoms with Gasteiger partial charge >= 0.3 is 11.9 Å². The maximum absolute atomic E-state index is 15.4. The first-order valence-electron chi connectivity index (χ1n) is 14.3. The number of ether oxygens (including phenoxy) is 2. The highest BCUT2D eigenvalue weighted by Crippen LogP contribution is 2.51. The average molecular weight is 687 g/mol. The standard InChI is InChI=1S/C31H32ClF5N4O4S/c1-6-24(42)41-16(2)10-39(11-17(41)3)28-19-7-20(31(35,36)37)25(18-8-21(32)23(34)9-22(18)33)27-26(19)40(29(43)38-28)12-30(13-44-4,14-45-5)15-46-27/h6-9,16-17H,1,10-15H2,2-5H3/t16-,17+. The van der Waals surface area contributed by atoms with E-state index in [0.717, 1.165) is 23.9 Å². The number of piperazine rings is 1. The molecule has 1 aromatic heterocycles. The smallest absolute Gasteiger partial charge is 0.384 e. The van der Waals surface area contributed by atoms with Crippen LogP contribution in [0, 0.1) is 17.0 Å². The predicted molar refractivity (Wildman–Crippen MR) is 166 cm³/mol. The van der Waals surface area contributed by atoms with Crippen LogP contribution in [0.2, 0.25) is 5.02 Å². The maximum atomic E-state index is 15.4. The molecule has 15 heteroatoms. The summed E-state index contributed by atoms with van der Waals surface area (Å²) in [6.45, 7) is 7.61. The van der Waals surface area contributed by atoms with Crippen molar-refractivity contribution in [3.05, 3.63) is 63.6 Å². The summed E-state index contributed by atoms with van der Waals surface area (Å²) in [6, 6.07) is 1.33. The zero-order valence-corrected chi connectivity index (χ0v) is 27.1. The van der Waals surface area contributed by atoms with Crippen molar-refractivity contribution in [2.24, 2.45) is 5.41 Å². The number of amides is 1. The van der Waals surface area contributed by atoms with Crippen LogP contribution >= 0.6 is 23.4 Å². The van der Waals surface area contributed by atoms with E-state index in [-0.39, 0.29) is 66.1 Å². The van der Waals surface area contributed by atoms with E-state index in [9.17, 15) is 14.0 Å². The lowest BCUT2D eigenvalue weighted by atomic mass is 9.91. The van der Waals surface area contributed by atoms with E-state index >= 15 is 17.6 Å². The number of carbonyl (C=O) groups excluding carboxylic acids is 1.